The Hall–Kier alpha value is -1.85. The van der Waals surface area contributed by atoms with Gasteiger partial charge in [-0.05, 0) is 12.1 Å². The summed E-state index contributed by atoms with van der Waals surface area (Å²) in [5.41, 5.74) is 0. The van der Waals surface area contributed by atoms with E-state index in [0.717, 1.165) is 4.31 Å². The van der Waals surface area contributed by atoms with Gasteiger partial charge in [-0.25, -0.2) is 8.42 Å². The number of hydrogen-bond acceptors (Lipinski definition) is 5. The number of nitriles is 1. The standard InChI is InChI=1S/C9H9N3O4S/c1-11-6-12(5-8(11)13)17(14,15)9-3-2-7(4-10)16-9/h2-3H,5-6H2,1H3. The second-order valence-corrected chi connectivity index (χ2v) is 5.45. The summed E-state index contributed by atoms with van der Waals surface area (Å²) in [7, 11) is -2.33. The number of furan rings is 1. The highest BCUT2D eigenvalue weighted by molar-refractivity contribution is 7.89. The molecule has 1 aromatic rings. The van der Waals surface area contributed by atoms with Crippen LogP contribution in [0.25, 0.3) is 0 Å². The molecule has 0 aliphatic carbocycles. The second kappa shape index (κ2) is 3.87. The van der Waals surface area contributed by atoms with Gasteiger partial charge >= 0.3 is 0 Å². The molecule has 7 nitrogen and oxygen atoms in total. The molecule has 0 radical (unpaired) electrons. The van der Waals surface area contributed by atoms with Crippen LogP contribution in [0.2, 0.25) is 0 Å². The smallest absolute Gasteiger partial charge is 0.278 e. The van der Waals surface area contributed by atoms with Crippen molar-refractivity contribution in [2.45, 2.75) is 5.09 Å². The van der Waals surface area contributed by atoms with E-state index < -0.39 is 10.0 Å². The first kappa shape index (κ1) is 11.6. The van der Waals surface area contributed by atoms with Crippen LogP contribution in [0.5, 0.6) is 0 Å². The van der Waals surface area contributed by atoms with Gasteiger partial charge in [0.1, 0.15) is 6.07 Å². The van der Waals surface area contributed by atoms with Crippen molar-refractivity contribution in [1.82, 2.24) is 9.21 Å². The molecular formula is C9H9N3O4S. The van der Waals surface area contributed by atoms with Crippen molar-refractivity contribution in [2.24, 2.45) is 0 Å². The van der Waals surface area contributed by atoms with E-state index in [-0.39, 0.29) is 30.0 Å². The zero-order valence-electron chi connectivity index (χ0n) is 8.95. The lowest BCUT2D eigenvalue weighted by molar-refractivity contribution is -0.125. The number of nitrogens with zero attached hydrogens (tertiary/aromatic N) is 3. The molecule has 0 unspecified atom stereocenters. The van der Waals surface area contributed by atoms with Crippen LogP contribution in [0.3, 0.4) is 0 Å². The molecule has 0 N–H and O–H groups in total. The van der Waals surface area contributed by atoms with Crippen LogP contribution in [0.4, 0.5) is 0 Å². The molecule has 0 spiro atoms. The first-order valence-electron chi connectivity index (χ1n) is 4.69. The zero-order chi connectivity index (χ0) is 12.6. The fraction of sp³-hybridized carbons (Fsp3) is 0.333. The monoisotopic (exact) mass is 255 g/mol. The quantitative estimate of drug-likeness (QED) is 0.714. The van der Waals surface area contributed by atoms with Crippen molar-refractivity contribution < 1.29 is 17.6 Å². The number of amides is 1. The molecule has 0 saturated carbocycles. The van der Waals surface area contributed by atoms with Gasteiger partial charge in [0.2, 0.25) is 16.8 Å². The maximum atomic E-state index is 12.0. The lowest BCUT2D eigenvalue weighted by Gasteiger charge is -2.12. The van der Waals surface area contributed by atoms with Gasteiger partial charge in [-0.15, -0.1) is 0 Å². The van der Waals surface area contributed by atoms with Gasteiger partial charge in [-0.2, -0.15) is 9.57 Å². The highest BCUT2D eigenvalue weighted by Gasteiger charge is 2.36. The van der Waals surface area contributed by atoms with Crippen molar-refractivity contribution in [3.05, 3.63) is 17.9 Å². The van der Waals surface area contributed by atoms with Crippen molar-refractivity contribution in [3.63, 3.8) is 0 Å². The minimum absolute atomic E-state index is 0.0102. The Bertz CT molecular complexity index is 598. The van der Waals surface area contributed by atoms with Crippen LogP contribution < -0.4 is 0 Å². The molecule has 2 rings (SSSR count). The molecule has 90 valence electrons. The number of hydrogen-bond donors (Lipinski definition) is 0. The number of likely N-dealkylation sites (N-methyl/N-ethyl adjacent to an activating group) is 1. The fourth-order valence-electron chi connectivity index (χ4n) is 1.44. The Balaban J connectivity index is 2.32. The van der Waals surface area contributed by atoms with Crippen LogP contribution in [0.15, 0.2) is 21.6 Å². The second-order valence-electron chi connectivity index (χ2n) is 3.58. The van der Waals surface area contributed by atoms with Gasteiger partial charge in [-0.3, -0.25) is 4.79 Å². The normalized spacial score (nSPS) is 17.4. The van der Waals surface area contributed by atoms with Gasteiger partial charge in [0.25, 0.3) is 10.0 Å². The molecule has 0 bridgehead atoms. The molecule has 0 aromatic carbocycles. The van der Waals surface area contributed by atoms with E-state index in [1.165, 1.54) is 24.1 Å². The predicted molar refractivity (Wildman–Crippen MR) is 55.0 cm³/mol. The zero-order valence-corrected chi connectivity index (χ0v) is 9.77. The molecule has 1 fully saturated rings. The highest BCUT2D eigenvalue weighted by atomic mass is 32.2. The SMILES string of the molecule is CN1CN(S(=O)(=O)c2ccc(C#N)o2)CC1=O. The third kappa shape index (κ3) is 1.90. The van der Waals surface area contributed by atoms with E-state index >= 15 is 0 Å². The Labute approximate surface area is 97.9 Å². The molecule has 1 aliphatic rings. The maximum Gasteiger partial charge on any atom is 0.278 e. The number of carbonyl (C=O) groups excluding carboxylic acids is 1. The van der Waals surface area contributed by atoms with Crippen LogP contribution in [0.1, 0.15) is 5.76 Å². The predicted octanol–water partition coefficient (Wildman–Crippen LogP) is -0.429. The van der Waals surface area contributed by atoms with Crippen molar-refractivity contribution >= 4 is 15.9 Å². The summed E-state index contributed by atoms with van der Waals surface area (Å²) in [6.45, 7) is -0.217. The van der Waals surface area contributed by atoms with Crippen LogP contribution in [-0.2, 0) is 14.8 Å². The highest BCUT2D eigenvalue weighted by Crippen LogP contribution is 2.21. The number of rotatable bonds is 2. The maximum absolute atomic E-state index is 12.0. The molecule has 1 amide bonds. The van der Waals surface area contributed by atoms with Gasteiger partial charge in [0.05, 0.1) is 13.2 Å². The summed E-state index contributed by atoms with van der Waals surface area (Å²) >= 11 is 0. The molecular weight excluding hydrogens is 246 g/mol. The van der Waals surface area contributed by atoms with Crippen LogP contribution >= 0.6 is 0 Å². The molecule has 1 saturated heterocycles. The Morgan fingerprint density at radius 1 is 1.47 bits per heavy atom. The van der Waals surface area contributed by atoms with E-state index in [1.54, 1.807) is 6.07 Å². The lowest BCUT2D eigenvalue weighted by Crippen LogP contribution is -2.29. The Morgan fingerprint density at radius 2 is 2.18 bits per heavy atom. The molecule has 17 heavy (non-hydrogen) atoms. The fourth-order valence-corrected chi connectivity index (χ4v) is 2.74. The largest absolute Gasteiger partial charge is 0.433 e. The Morgan fingerprint density at radius 3 is 2.65 bits per heavy atom. The van der Waals surface area contributed by atoms with Crippen molar-refractivity contribution in [1.29, 1.82) is 5.26 Å². The minimum atomic E-state index is -3.84. The molecule has 1 aromatic heterocycles. The van der Waals surface area contributed by atoms with E-state index in [0.29, 0.717) is 0 Å². The molecule has 1 aliphatic heterocycles. The first-order chi connectivity index (χ1) is 7.95. The first-order valence-corrected chi connectivity index (χ1v) is 6.13. The third-order valence-electron chi connectivity index (χ3n) is 2.39. The molecule has 0 atom stereocenters. The van der Waals surface area contributed by atoms with E-state index in [4.69, 9.17) is 9.68 Å². The lowest BCUT2D eigenvalue weighted by atomic mass is 10.5. The summed E-state index contributed by atoms with van der Waals surface area (Å²) in [5.74, 6) is -0.358. The summed E-state index contributed by atoms with van der Waals surface area (Å²) in [6, 6.07) is 4.18. The van der Waals surface area contributed by atoms with Crippen LogP contribution in [0, 0.1) is 11.3 Å². The van der Waals surface area contributed by atoms with E-state index in [2.05, 4.69) is 0 Å². The third-order valence-corrected chi connectivity index (χ3v) is 4.05. The van der Waals surface area contributed by atoms with Gasteiger partial charge < -0.3 is 9.32 Å². The van der Waals surface area contributed by atoms with E-state index in [1.807, 2.05) is 0 Å². The summed E-state index contributed by atoms with van der Waals surface area (Å²) in [4.78, 5) is 12.6. The van der Waals surface area contributed by atoms with E-state index in [9.17, 15) is 13.2 Å². The molecule has 8 heteroatoms. The molecule has 2 heterocycles. The minimum Gasteiger partial charge on any atom is -0.433 e. The summed E-state index contributed by atoms with van der Waals surface area (Å²) in [6.07, 6.45) is 0. The van der Waals surface area contributed by atoms with Gasteiger partial charge in [0.15, 0.2) is 0 Å². The van der Waals surface area contributed by atoms with Gasteiger partial charge in [0, 0.05) is 7.05 Å². The summed E-state index contributed by atoms with van der Waals surface area (Å²) in [5, 5.41) is 8.23. The van der Waals surface area contributed by atoms with Crippen LogP contribution in [-0.4, -0.2) is 43.8 Å². The van der Waals surface area contributed by atoms with Crippen molar-refractivity contribution in [2.75, 3.05) is 20.3 Å². The average Bonchev–Trinajstić information content (AvgIpc) is 2.87. The number of sulfonamides is 1. The van der Waals surface area contributed by atoms with Crippen molar-refractivity contribution in [3.8, 4) is 6.07 Å². The summed E-state index contributed by atoms with van der Waals surface area (Å²) < 4.78 is 29.9. The number of carbonyl (C=O) groups is 1. The average molecular weight is 255 g/mol. The Kier molecular flexibility index (Phi) is 2.65. The van der Waals surface area contributed by atoms with Gasteiger partial charge in [-0.1, -0.05) is 0 Å². The topological polar surface area (TPSA) is 94.6 Å².